The molecule has 1 unspecified atom stereocenters. The Balaban J connectivity index is 2.17. The first kappa shape index (κ1) is 18.2. The fraction of sp³-hybridized carbons (Fsp3) is 0.588. The molecule has 1 aliphatic heterocycles. The van der Waals surface area contributed by atoms with Crippen molar-refractivity contribution in [2.45, 2.75) is 44.9 Å². The highest BCUT2D eigenvalue weighted by atomic mass is 19.1. The smallest absolute Gasteiger partial charge is 0.326 e. The number of rotatable bonds is 5. The molecule has 1 saturated heterocycles. The molecule has 1 N–H and O–H groups in total. The van der Waals surface area contributed by atoms with Crippen molar-refractivity contribution in [2.24, 2.45) is 5.92 Å². The van der Waals surface area contributed by atoms with Crippen LogP contribution in [-0.4, -0.2) is 57.6 Å². The molecule has 1 aromatic rings. The molecule has 2 heterocycles. The van der Waals surface area contributed by atoms with Crippen LogP contribution in [0.4, 0.5) is 9.18 Å². The van der Waals surface area contributed by atoms with Gasteiger partial charge in [0.05, 0.1) is 11.7 Å². The highest BCUT2D eigenvalue weighted by Gasteiger charge is 2.40. The van der Waals surface area contributed by atoms with Gasteiger partial charge in [0.15, 0.2) is 6.17 Å². The Morgan fingerprint density at radius 1 is 1.42 bits per heavy atom. The largest absolute Gasteiger partial charge is 0.480 e. The lowest BCUT2D eigenvalue weighted by Crippen LogP contribution is -2.52. The van der Waals surface area contributed by atoms with Crippen molar-refractivity contribution in [1.82, 2.24) is 14.8 Å². The highest BCUT2D eigenvalue weighted by molar-refractivity contribution is 5.83. The van der Waals surface area contributed by atoms with Crippen molar-refractivity contribution in [3.8, 4) is 0 Å². The number of aromatic nitrogens is 1. The summed E-state index contributed by atoms with van der Waals surface area (Å²) in [5, 5.41) is 9.36. The third-order valence-corrected chi connectivity index (χ3v) is 4.46. The quantitative estimate of drug-likeness (QED) is 0.896. The van der Waals surface area contributed by atoms with Crippen LogP contribution in [0.25, 0.3) is 0 Å². The molecule has 2 rings (SSSR count). The van der Waals surface area contributed by atoms with Crippen LogP contribution < -0.4 is 0 Å². The van der Waals surface area contributed by atoms with E-state index in [0.717, 1.165) is 0 Å². The summed E-state index contributed by atoms with van der Waals surface area (Å²) in [7, 11) is 1.46. The lowest BCUT2D eigenvalue weighted by molar-refractivity contribution is -0.143. The Morgan fingerprint density at radius 3 is 2.67 bits per heavy atom. The van der Waals surface area contributed by atoms with E-state index in [1.807, 2.05) is 0 Å². The summed E-state index contributed by atoms with van der Waals surface area (Å²) in [6.07, 6.45) is 1.37. The van der Waals surface area contributed by atoms with E-state index in [1.165, 1.54) is 23.0 Å². The molecule has 3 atom stereocenters. The number of hydrogen-bond acceptors (Lipinski definition) is 3. The van der Waals surface area contributed by atoms with Gasteiger partial charge in [0.25, 0.3) is 0 Å². The number of nitrogens with zero attached hydrogens (tertiary/aromatic N) is 3. The summed E-state index contributed by atoms with van der Waals surface area (Å²) in [5.41, 5.74) is 0.295. The number of carboxylic acid groups (broad SMARTS) is 1. The molecule has 0 aliphatic carbocycles. The van der Waals surface area contributed by atoms with Crippen LogP contribution in [-0.2, 0) is 4.79 Å². The van der Waals surface area contributed by atoms with Gasteiger partial charge >= 0.3 is 12.0 Å². The Kier molecular flexibility index (Phi) is 5.75. The second-order valence-electron chi connectivity index (χ2n) is 6.48. The zero-order chi connectivity index (χ0) is 17.9. The molecule has 0 aromatic carbocycles. The normalized spacial score (nSPS) is 20.0. The Bertz CT molecular complexity index is 582. The van der Waals surface area contributed by atoms with Crippen LogP contribution >= 0.6 is 0 Å². The Labute approximate surface area is 141 Å². The predicted molar refractivity (Wildman–Crippen MR) is 87.2 cm³/mol. The average Bonchev–Trinajstić information content (AvgIpc) is 3.03. The number of carbonyl (C=O) groups is 2. The molecule has 0 radical (unpaired) electrons. The minimum absolute atomic E-state index is 0.241. The summed E-state index contributed by atoms with van der Waals surface area (Å²) in [4.78, 5) is 30.9. The van der Waals surface area contributed by atoms with Gasteiger partial charge in [-0.25, -0.2) is 14.0 Å². The van der Waals surface area contributed by atoms with Gasteiger partial charge in [-0.2, -0.15) is 0 Å². The standard InChI is InChI=1S/C17H24FN3O3/c1-11(2)15(16(22)23)20(3)17(24)21-10-6-8-13(21)14(18)12-7-4-5-9-19-12/h4-5,7,9,11,13-15H,6,8,10H2,1-3H3,(H,22,23)/t13-,14?,15-/m0/s1. The monoisotopic (exact) mass is 337 g/mol. The van der Waals surface area contributed by atoms with Crippen molar-refractivity contribution in [3.63, 3.8) is 0 Å². The molecule has 0 bridgehead atoms. The molecular formula is C17H24FN3O3. The van der Waals surface area contributed by atoms with Gasteiger partial charge in [-0.3, -0.25) is 4.98 Å². The maximum Gasteiger partial charge on any atom is 0.326 e. The van der Waals surface area contributed by atoms with Gasteiger partial charge in [-0.15, -0.1) is 0 Å². The van der Waals surface area contributed by atoms with Crippen LogP contribution in [0.1, 0.15) is 38.6 Å². The maximum absolute atomic E-state index is 14.8. The minimum atomic E-state index is -1.38. The van der Waals surface area contributed by atoms with E-state index in [-0.39, 0.29) is 5.92 Å². The zero-order valence-electron chi connectivity index (χ0n) is 14.2. The number of halogens is 1. The van der Waals surface area contributed by atoms with E-state index in [9.17, 15) is 19.1 Å². The summed E-state index contributed by atoms with van der Waals surface area (Å²) in [6, 6.07) is 3.02. The van der Waals surface area contributed by atoms with Crippen molar-refractivity contribution >= 4 is 12.0 Å². The van der Waals surface area contributed by atoms with Crippen molar-refractivity contribution in [2.75, 3.05) is 13.6 Å². The molecule has 7 heteroatoms. The van der Waals surface area contributed by atoms with Crippen LogP contribution in [0.3, 0.4) is 0 Å². The van der Waals surface area contributed by atoms with E-state index < -0.39 is 30.3 Å². The number of alkyl halides is 1. The SMILES string of the molecule is CC(C)[C@@H](C(=O)O)N(C)C(=O)N1CCC[C@H]1C(F)c1ccccn1. The van der Waals surface area contributed by atoms with E-state index in [1.54, 1.807) is 32.0 Å². The molecule has 1 fully saturated rings. The van der Waals surface area contributed by atoms with Crippen LogP contribution in [0.5, 0.6) is 0 Å². The summed E-state index contributed by atoms with van der Waals surface area (Å²) in [5.74, 6) is -1.30. The zero-order valence-corrected chi connectivity index (χ0v) is 14.2. The summed E-state index contributed by atoms with van der Waals surface area (Å²) in [6.45, 7) is 3.91. The molecule has 6 nitrogen and oxygen atoms in total. The number of aliphatic carboxylic acids is 1. The summed E-state index contributed by atoms with van der Waals surface area (Å²) >= 11 is 0. The third-order valence-electron chi connectivity index (χ3n) is 4.46. The van der Waals surface area contributed by atoms with E-state index in [4.69, 9.17) is 0 Å². The lowest BCUT2D eigenvalue weighted by atomic mass is 10.0. The highest BCUT2D eigenvalue weighted by Crippen LogP contribution is 2.32. The van der Waals surface area contributed by atoms with Crippen molar-refractivity contribution in [3.05, 3.63) is 30.1 Å². The second-order valence-corrected chi connectivity index (χ2v) is 6.48. The minimum Gasteiger partial charge on any atom is -0.480 e. The third kappa shape index (κ3) is 3.66. The first-order valence-electron chi connectivity index (χ1n) is 8.15. The predicted octanol–water partition coefficient (Wildman–Crippen LogP) is 2.72. The van der Waals surface area contributed by atoms with Crippen molar-refractivity contribution in [1.29, 1.82) is 0 Å². The number of amides is 2. The van der Waals surface area contributed by atoms with Gasteiger partial charge in [0.1, 0.15) is 6.04 Å². The molecule has 0 spiro atoms. The van der Waals surface area contributed by atoms with Gasteiger partial charge in [0, 0.05) is 19.8 Å². The number of likely N-dealkylation sites (tertiary alicyclic amines) is 1. The topological polar surface area (TPSA) is 73.7 Å². The van der Waals surface area contributed by atoms with Gasteiger partial charge in [-0.1, -0.05) is 19.9 Å². The van der Waals surface area contributed by atoms with Crippen molar-refractivity contribution < 1.29 is 19.1 Å². The molecule has 132 valence electrons. The van der Waals surface area contributed by atoms with Gasteiger partial charge in [0.2, 0.25) is 0 Å². The van der Waals surface area contributed by atoms with E-state index in [0.29, 0.717) is 25.1 Å². The summed E-state index contributed by atoms with van der Waals surface area (Å²) < 4.78 is 14.8. The molecule has 1 aromatic heterocycles. The number of carboxylic acids is 1. The molecule has 24 heavy (non-hydrogen) atoms. The molecule has 0 saturated carbocycles. The van der Waals surface area contributed by atoms with Gasteiger partial charge < -0.3 is 14.9 Å². The fourth-order valence-corrected chi connectivity index (χ4v) is 3.29. The number of urea groups is 1. The number of likely N-dealkylation sites (N-methyl/N-ethyl adjacent to an activating group) is 1. The van der Waals surface area contributed by atoms with E-state index >= 15 is 0 Å². The number of pyridine rings is 1. The lowest BCUT2D eigenvalue weighted by Gasteiger charge is -2.35. The van der Waals surface area contributed by atoms with Crippen LogP contribution in [0, 0.1) is 5.92 Å². The average molecular weight is 337 g/mol. The first-order chi connectivity index (χ1) is 11.3. The van der Waals surface area contributed by atoms with Crippen LogP contribution in [0.15, 0.2) is 24.4 Å². The Morgan fingerprint density at radius 2 is 2.12 bits per heavy atom. The Hall–Kier alpha value is -2.18. The maximum atomic E-state index is 14.8. The first-order valence-corrected chi connectivity index (χ1v) is 8.15. The number of carbonyl (C=O) groups excluding carboxylic acids is 1. The van der Waals surface area contributed by atoms with Crippen LogP contribution in [0.2, 0.25) is 0 Å². The second kappa shape index (κ2) is 7.59. The molecule has 2 amide bonds. The molecule has 1 aliphatic rings. The van der Waals surface area contributed by atoms with Gasteiger partial charge in [-0.05, 0) is 30.9 Å². The number of hydrogen-bond donors (Lipinski definition) is 1. The van der Waals surface area contributed by atoms with E-state index in [2.05, 4.69) is 4.98 Å². The molecular weight excluding hydrogens is 313 g/mol. The fourth-order valence-electron chi connectivity index (χ4n) is 3.29.